The van der Waals surface area contributed by atoms with Gasteiger partial charge in [-0.1, -0.05) is 51.1 Å². The van der Waals surface area contributed by atoms with Gasteiger partial charge in [-0.15, -0.1) is 0 Å². The van der Waals surface area contributed by atoms with E-state index in [1.807, 2.05) is 37.3 Å². The Hall–Kier alpha value is -2.61. The van der Waals surface area contributed by atoms with Crippen molar-refractivity contribution in [3.05, 3.63) is 65.2 Å². The Bertz CT molecular complexity index is 1320. The van der Waals surface area contributed by atoms with Crippen LogP contribution in [0, 0.1) is 37.0 Å². The normalized spacial score (nSPS) is 27.1. The summed E-state index contributed by atoms with van der Waals surface area (Å²) in [4.78, 5) is 10.2. The number of rotatable bonds is 3. The number of aromatic nitrogens is 2. The fourth-order valence-electron chi connectivity index (χ4n) is 6.72. The van der Waals surface area contributed by atoms with Crippen molar-refractivity contribution in [3.8, 4) is 17.1 Å². The highest BCUT2D eigenvalue weighted by molar-refractivity contribution is 7.92. The number of hydrogen-bond donors (Lipinski definition) is 2. The van der Waals surface area contributed by atoms with Crippen molar-refractivity contribution < 1.29 is 14.4 Å². The van der Waals surface area contributed by atoms with Crippen LogP contribution in [-0.2, 0) is 17.8 Å². The average molecular weight is 562 g/mol. The van der Waals surface area contributed by atoms with Crippen LogP contribution in [0.1, 0.15) is 70.1 Å². The van der Waals surface area contributed by atoms with Crippen LogP contribution in [-0.4, -0.2) is 31.8 Å². The molecule has 2 heterocycles. The number of fused-ring (bicyclic) bond motifs is 4. The summed E-state index contributed by atoms with van der Waals surface area (Å²) in [6.07, 6.45) is 4.55. The first kappa shape index (κ1) is 28.9. The molecule has 2 N–H and O–H groups in total. The lowest BCUT2D eigenvalue weighted by Crippen LogP contribution is -2.47. The summed E-state index contributed by atoms with van der Waals surface area (Å²) in [6.45, 7) is 13.5. The average Bonchev–Trinajstić information content (AvgIpc) is 2.85. The minimum Gasteiger partial charge on any atom is -0.588 e. The molecule has 1 aliphatic carbocycles. The summed E-state index contributed by atoms with van der Waals surface area (Å²) < 4.78 is 23.0. The molecule has 2 unspecified atom stereocenters. The van der Waals surface area contributed by atoms with E-state index in [0.717, 1.165) is 54.5 Å². The van der Waals surface area contributed by atoms with Gasteiger partial charge in [0.25, 0.3) is 5.95 Å². The number of anilines is 1. The van der Waals surface area contributed by atoms with Crippen LogP contribution in [0.3, 0.4) is 0 Å². The number of aliphatic hydroxyl groups is 1. The van der Waals surface area contributed by atoms with E-state index >= 15 is 0 Å². The lowest BCUT2D eigenvalue weighted by molar-refractivity contribution is -0.0917. The summed E-state index contributed by atoms with van der Waals surface area (Å²) in [5.74, 6) is 1.92. The van der Waals surface area contributed by atoms with Crippen molar-refractivity contribution in [3.63, 3.8) is 0 Å². The summed E-state index contributed by atoms with van der Waals surface area (Å²) in [7, 11) is 0. The second-order valence-corrected chi connectivity index (χ2v) is 14.6. The maximum absolute atomic E-state index is 13.4. The molecule has 1 aliphatic heterocycles. The van der Waals surface area contributed by atoms with Gasteiger partial charge in [-0.3, -0.25) is 0 Å². The second kappa shape index (κ2) is 11.3. The van der Waals surface area contributed by atoms with Gasteiger partial charge in [-0.2, -0.15) is 9.71 Å². The first-order valence-corrected chi connectivity index (χ1v) is 15.6. The van der Waals surface area contributed by atoms with Gasteiger partial charge in [-0.05, 0) is 105 Å². The highest BCUT2D eigenvalue weighted by Crippen LogP contribution is 2.48. The van der Waals surface area contributed by atoms with Crippen LogP contribution < -0.4 is 9.46 Å². The van der Waals surface area contributed by atoms with Gasteiger partial charge in [0.15, 0.2) is 4.90 Å². The Balaban J connectivity index is 1.58. The van der Waals surface area contributed by atoms with E-state index < -0.39 is 17.0 Å². The smallest absolute Gasteiger partial charge is 0.269 e. The molecule has 1 fully saturated rings. The Morgan fingerprint density at radius 2 is 1.77 bits per heavy atom. The fourth-order valence-corrected chi connectivity index (χ4v) is 7.56. The van der Waals surface area contributed by atoms with E-state index in [-0.39, 0.29) is 11.4 Å². The molecule has 0 saturated heterocycles. The van der Waals surface area contributed by atoms with Crippen molar-refractivity contribution in [2.45, 2.75) is 84.1 Å². The molecular weight excluding hydrogens is 518 g/mol. The molecule has 3 atom stereocenters. The fraction of sp³-hybridized carbons (Fsp3) is 0.515. The zero-order valence-corrected chi connectivity index (χ0v) is 25.5. The predicted molar refractivity (Wildman–Crippen MR) is 162 cm³/mol. The monoisotopic (exact) mass is 561 g/mol. The molecular formula is C33H43N3O3S. The van der Waals surface area contributed by atoms with E-state index in [9.17, 15) is 9.66 Å². The molecule has 7 heteroatoms. The lowest BCUT2D eigenvalue weighted by Gasteiger charge is -2.48. The molecule has 5 rings (SSSR count). The molecule has 0 spiro atoms. The molecule has 1 aromatic heterocycles. The van der Waals surface area contributed by atoms with Crippen molar-refractivity contribution in [1.29, 1.82) is 0 Å². The van der Waals surface area contributed by atoms with E-state index in [2.05, 4.69) is 62.5 Å². The zero-order valence-electron chi connectivity index (χ0n) is 24.7. The number of hydrogen-bond acceptors (Lipinski definition) is 6. The molecule has 1 saturated carbocycles. The quantitative estimate of drug-likeness (QED) is 0.333. The SMILES string of the molecule is Cc1cccc(C)c1-c1cc2nc(n1)N[S+]([O-])c1cccc(c1)CCC([C@H]1C[C@](C)(O)C1)[C@H](CC(C)(C)C)CO2. The minimum absolute atomic E-state index is 0.128. The van der Waals surface area contributed by atoms with Crippen LogP contribution in [0.25, 0.3) is 11.3 Å². The van der Waals surface area contributed by atoms with Crippen LogP contribution in [0.4, 0.5) is 5.95 Å². The summed E-state index contributed by atoms with van der Waals surface area (Å²) in [5, 5.41) is 10.6. The van der Waals surface area contributed by atoms with Crippen molar-refractivity contribution in [2.75, 3.05) is 11.3 Å². The van der Waals surface area contributed by atoms with E-state index in [4.69, 9.17) is 9.72 Å². The Morgan fingerprint density at radius 3 is 2.45 bits per heavy atom. The van der Waals surface area contributed by atoms with Crippen LogP contribution in [0.15, 0.2) is 53.4 Å². The van der Waals surface area contributed by atoms with Gasteiger partial charge in [0.1, 0.15) is 11.4 Å². The molecule has 214 valence electrons. The highest BCUT2D eigenvalue weighted by atomic mass is 32.2. The standard InChI is InChI=1S/C33H43N3O3S/c1-21-9-7-10-22(2)30(21)28-16-29-35-31(34-28)36-40(38)26-12-8-11-23(15-26)13-14-27(24-18-33(6,37)19-24)25(20-39-29)17-32(3,4)5/h7-12,15-16,24-25,27,37H,13-14,17-20H2,1-6H3,(H,34,35,36)/t24-,25-,27?,33-,40?/m1/s1. The molecule has 2 aliphatic rings. The third-order valence-corrected chi connectivity index (χ3v) is 9.49. The number of nitrogens with zero attached hydrogens (tertiary/aromatic N) is 2. The Labute approximate surface area is 242 Å². The Kier molecular flexibility index (Phi) is 8.20. The summed E-state index contributed by atoms with van der Waals surface area (Å²) in [6, 6.07) is 16.1. The van der Waals surface area contributed by atoms with Crippen LogP contribution >= 0.6 is 0 Å². The third kappa shape index (κ3) is 6.81. The zero-order chi connectivity index (χ0) is 28.7. The van der Waals surface area contributed by atoms with Gasteiger partial charge < -0.3 is 14.4 Å². The molecule has 0 amide bonds. The molecule has 4 bridgehead atoms. The molecule has 40 heavy (non-hydrogen) atoms. The van der Waals surface area contributed by atoms with Crippen molar-refractivity contribution in [2.24, 2.45) is 23.2 Å². The molecule has 2 aromatic carbocycles. The second-order valence-electron chi connectivity index (χ2n) is 13.4. The number of nitrogens with one attached hydrogen (secondary N) is 1. The third-order valence-electron chi connectivity index (χ3n) is 8.44. The Morgan fingerprint density at radius 1 is 1.07 bits per heavy atom. The van der Waals surface area contributed by atoms with Gasteiger partial charge in [-0.25, -0.2) is 4.98 Å². The maximum Gasteiger partial charge on any atom is 0.269 e. The molecule has 6 nitrogen and oxygen atoms in total. The molecule has 0 radical (unpaired) electrons. The lowest BCUT2D eigenvalue weighted by atomic mass is 9.60. The number of ether oxygens (including phenoxy) is 1. The van der Waals surface area contributed by atoms with Gasteiger partial charge in [0.2, 0.25) is 5.88 Å². The van der Waals surface area contributed by atoms with Gasteiger partial charge >= 0.3 is 0 Å². The van der Waals surface area contributed by atoms with Crippen molar-refractivity contribution in [1.82, 2.24) is 9.97 Å². The minimum atomic E-state index is -1.52. The summed E-state index contributed by atoms with van der Waals surface area (Å²) >= 11 is -1.52. The summed E-state index contributed by atoms with van der Waals surface area (Å²) in [5.41, 5.74) is 4.72. The maximum atomic E-state index is 13.4. The van der Waals surface area contributed by atoms with E-state index in [1.54, 1.807) is 0 Å². The van der Waals surface area contributed by atoms with Crippen LogP contribution in [0.5, 0.6) is 5.88 Å². The van der Waals surface area contributed by atoms with E-state index in [1.165, 1.54) is 5.56 Å². The van der Waals surface area contributed by atoms with Gasteiger partial charge in [0, 0.05) is 11.6 Å². The van der Waals surface area contributed by atoms with Crippen LogP contribution in [0.2, 0.25) is 0 Å². The number of benzene rings is 2. The first-order chi connectivity index (χ1) is 18.9. The largest absolute Gasteiger partial charge is 0.588 e. The van der Waals surface area contributed by atoms with Gasteiger partial charge in [0.05, 0.1) is 17.9 Å². The van der Waals surface area contributed by atoms with E-state index in [0.29, 0.717) is 35.1 Å². The first-order valence-electron chi connectivity index (χ1n) is 14.5. The number of aryl methyl sites for hydroxylation is 3. The predicted octanol–water partition coefficient (Wildman–Crippen LogP) is 7.05. The van der Waals surface area contributed by atoms with Crippen molar-refractivity contribution >= 4 is 17.3 Å². The molecule has 3 aromatic rings. The highest BCUT2D eigenvalue weighted by Gasteiger charge is 2.45. The topological polar surface area (TPSA) is 90.3 Å².